The Balaban J connectivity index is 1.36. The molecule has 7 nitrogen and oxygen atoms in total. The van der Waals surface area contributed by atoms with Crippen molar-refractivity contribution in [2.75, 3.05) is 38.0 Å². The quantitative estimate of drug-likeness (QED) is 0.640. The molecule has 1 N–H and O–H groups in total. The monoisotopic (exact) mass is 438 g/mol. The molecule has 1 fully saturated rings. The van der Waals surface area contributed by atoms with Crippen LogP contribution in [0.2, 0.25) is 0 Å². The average molecular weight is 439 g/mol. The van der Waals surface area contributed by atoms with Gasteiger partial charge in [-0.25, -0.2) is 8.42 Å². The number of nitrogens with zero attached hydrogens (tertiary/aromatic N) is 3. The first kappa shape index (κ1) is 21.4. The molecular formula is C23H26N4O3S. The summed E-state index contributed by atoms with van der Waals surface area (Å²) in [5.74, 6) is -0.0432. The van der Waals surface area contributed by atoms with Crippen LogP contribution in [-0.4, -0.2) is 61.2 Å². The Bertz CT molecular complexity index is 1170. The Morgan fingerprint density at radius 1 is 1.03 bits per heavy atom. The highest BCUT2D eigenvalue weighted by atomic mass is 32.2. The van der Waals surface area contributed by atoms with E-state index in [2.05, 4.69) is 15.2 Å². The molecule has 1 aliphatic rings. The standard InChI is InChI=1S/C23H26N4O3S/c1-18-16-19-6-5-9-21(23(19)24-17-18)31(29,30)27-14-12-26(13-15-27)11-10-22(28)25-20-7-3-2-4-8-20/h2-9,16-17H,10-15H2,1H3,(H,25,28). The van der Waals surface area contributed by atoms with Crippen molar-refractivity contribution in [2.24, 2.45) is 0 Å². The number of hydrogen-bond donors (Lipinski definition) is 1. The van der Waals surface area contributed by atoms with Gasteiger partial charge < -0.3 is 10.2 Å². The van der Waals surface area contributed by atoms with E-state index >= 15 is 0 Å². The fourth-order valence-electron chi connectivity index (χ4n) is 3.79. The van der Waals surface area contributed by atoms with E-state index < -0.39 is 10.0 Å². The van der Waals surface area contributed by atoms with Crippen molar-refractivity contribution >= 4 is 32.5 Å². The molecule has 1 aliphatic heterocycles. The molecular weight excluding hydrogens is 412 g/mol. The number of hydrogen-bond acceptors (Lipinski definition) is 5. The van der Waals surface area contributed by atoms with Crippen LogP contribution in [-0.2, 0) is 14.8 Å². The molecule has 8 heteroatoms. The molecule has 1 aromatic heterocycles. The van der Waals surface area contributed by atoms with Crippen molar-refractivity contribution < 1.29 is 13.2 Å². The lowest BCUT2D eigenvalue weighted by molar-refractivity contribution is -0.116. The first-order valence-electron chi connectivity index (χ1n) is 10.4. The van der Waals surface area contributed by atoms with Gasteiger partial charge in [0.2, 0.25) is 15.9 Å². The number of anilines is 1. The fourth-order valence-corrected chi connectivity index (χ4v) is 5.38. The zero-order valence-corrected chi connectivity index (χ0v) is 18.3. The molecule has 3 aromatic rings. The highest BCUT2D eigenvalue weighted by Gasteiger charge is 2.30. The first-order chi connectivity index (χ1) is 14.9. The van der Waals surface area contributed by atoms with Crippen molar-refractivity contribution in [2.45, 2.75) is 18.2 Å². The highest BCUT2D eigenvalue weighted by Crippen LogP contribution is 2.25. The third kappa shape index (κ3) is 4.92. The lowest BCUT2D eigenvalue weighted by atomic mass is 10.2. The summed E-state index contributed by atoms with van der Waals surface area (Å²) in [7, 11) is -3.63. The average Bonchev–Trinajstić information content (AvgIpc) is 2.78. The number of rotatable bonds is 6. The normalized spacial score (nSPS) is 15.8. The van der Waals surface area contributed by atoms with Crippen molar-refractivity contribution in [1.29, 1.82) is 0 Å². The number of nitrogens with one attached hydrogen (secondary N) is 1. The van der Waals surface area contributed by atoms with Crippen molar-refractivity contribution in [3.63, 3.8) is 0 Å². The smallest absolute Gasteiger partial charge is 0.245 e. The molecule has 0 unspecified atom stereocenters. The third-order valence-electron chi connectivity index (χ3n) is 5.47. The van der Waals surface area contributed by atoms with E-state index in [0.717, 1.165) is 16.6 Å². The number of benzene rings is 2. The number of aromatic nitrogens is 1. The zero-order chi connectivity index (χ0) is 21.8. The molecule has 2 heterocycles. The molecule has 4 rings (SSSR count). The lowest BCUT2D eigenvalue weighted by Gasteiger charge is -2.33. The highest BCUT2D eigenvalue weighted by molar-refractivity contribution is 7.89. The van der Waals surface area contributed by atoms with E-state index in [-0.39, 0.29) is 10.8 Å². The topological polar surface area (TPSA) is 82.6 Å². The van der Waals surface area contributed by atoms with Crippen LogP contribution < -0.4 is 5.32 Å². The molecule has 162 valence electrons. The number of sulfonamides is 1. The Hall–Kier alpha value is -2.81. The van der Waals surface area contributed by atoms with E-state index in [9.17, 15) is 13.2 Å². The molecule has 0 bridgehead atoms. The largest absolute Gasteiger partial charge is 0.326 e. The number of aryl methyl sites for hydroxylation is 1. The van der Waals surface area contributed by atoms with Gasteiger partial charge >= 0.3 is 0 Å². The molecule has 0 aliphatic carbocycles. The Morgan fingerprint density at radius 3 is 2.52 bits per heavy atom. The van der Waals surface area contributed by atoms with E-state index in [1.54, 1.807) is 18.3 Å². The lowest BCUT2D eigenvalue weighted by Crippen LogP contribution is -2.49. The second-order valence-electron chi connectivity index (χ2n) is 7.75. The molecule has 0 atom stereocenters. The summed E-state index contributed by atoms with van der Waals surface area (Å²) in [6.45, 7) is 4.51. The number of carbonyl (C=O) groups is 1. The van der Waals surface area contributed by atoms with Gasteiger partial charge in [0.05, 0.1) is 5.52 Å². The number of fused-ring (bicyclic) bond motifs is 1. The number of piperazine rings is 1. The minimum Gasteiger partial charge on any atom is -0.326 e. The summed E-state index contributed by atoms with van der Waals surface area (Å²) < 4.78 is 28.0. The predicted molar refractivity (Wildman–Crippen MR) is 121 cm³/mol. The fraction of sp³-hybridized carbons (Fsp3) is 0.304. The van der Waals surface area contributed by atoms with Crippen LogP contribution in [0.1, 0.15) is 12.0 Å². The van der Waals surface area contributed by atoms with Gasteiger partial charge in [-0.15, -0.1) is 0 Å². The van der Waals surface area contributed by atoms with E-state index in [0.29, 0.717) is 44.7 Å². The van der Waals surface area contributed by atoms with E-state index in [1.807, 2.05) is 49.4 Å². The van der Waals surface area contributed by atoms with Crippen LogP contribution in [0.25, 0.3) is 10.9 Å². The van der Waals surface area contributed by atoms with E-state index in [4.69, 9.17) is 0 Å². The van der Waals surface area contributed by atoms with Gasteiger partial charge in [-0.05, 0) is 36.8 Å². The summed E-state index contributed by atoms with van der Waals surface area (Å²) in [5.41, 5.74) is 2.28. The van der Waals surface area contributed by atoms with Crippen LogP contribution in [0.15, 0.2) is 65.7 Å². The van der Waals surface area contributed by atoms with Gasteiger partial charge in [0, 0.05) is 56.4 Å². The molecule has 2 aromatic carbocycles. The third-order valence-corrected chi connectivity index (χ3v) is 7.40. The Labute approximate surface area is 182 Å². The summed E-state index contributed by atoms with van der Waals surface area (Å²) >= 11 is 0. The molecule has 1 amide bonds. The van der Waals surface area contributed by atoms with Crippen LogP contribution >= 0.6 is 0 Å². The van der Waals surface area contributed by atoms with Gasteiger partial charge in [-0.1, -0.05) is 30.3 Å². The summed E-state index contributed by atoms with van der Waals surface area (Å²) in [4.78, 5) is 18.9. The van der Waals surface area contributed by atoms with Crippen LogP contribution in [0.4, 0.5) is 5.69 Å². The first-order valence-corrected chi connectivity index (χ1v) is 11.8. The minimum atomic E-state index is -3.63. The van der Waals surface area contributed by atoms with Gasteiger partial charge in [-0.2, -0.15) is 4.31 Å². The predicted octanol–water partition coefficient (Wildman–Crippen LogP) is 2.88. The molecule has 0 spiro atoms. The number of para-hydroxylation sites is 2. The number of pyridine rings is 1. The second-order valence-corrected chi connectivity index (χ2v) is 9.66. The summed E-state index contributed by atoms with van der Waals surface area (Å²) in [6, 6.07) is 16.6. The number of carbonyl (C=O) groups excluding carboxylic acids is 1. The Kier molecular flexibility index (Phi) is 6.31. The molecule has 0 radical (unpaired) electrons. The van der Waals surface area contributed by atoms with Gasteiger partial charge in [0.15, 0.2) is 0 Å². The SMILES string of the molecule is Cc1cnc2c(S(=O)(=O)N3CCN(CCC(=O)Nc4ccccc4)CC3)cccc2c1. The van der Waals surface area contributed by atoms with Gasteiger partial charge in [0.25, 0.3) is 0 Å². The Morgan fingerprint density at radius 2 is 1.77 bits per heavy atom. The van der Waals surface area contributed by atoms with Gasteiger partial charge in [-0.3, -0.25) is 9.78 Å². The molecule has 1 saturated heterocycles. The maximum Gasteiger partial charge on any atom is 0.245 e. The van der Waals surface area contributed by atoms with Crippen LogP contribution in [0.5, 0.6) is 0 Å². The van der Waals surface area contributed by atoms with Gasteiger partial charge in [0.1, 0.15) is 4.90 Å². The number of amides is 1. The van der Waals surface area contributed by atoms with Crippen LogP contribution in [0.3, 0.4) is 0 Å². The van der Waals surface area contributed by atoms with E-state index in [1.165, 1.54) is 4.31 Å². The summed E-state index contributed by atoms with van der Waals surface area (Å²) in [5, 5.41) is 3.70. The molecule has 31 heavy (non-hydrogen) atoms. The van der Waals surface area contributed by atoms with Crippen molar-refractivity contribution in [3.8, 4) is 0 Å². The van der Waals surface area contributed by atoms with Crippen molar-refractivity contribution in [3.05, 3.63) is 66.4 Å². The maximum absolute atomic E-state index is 13.3. The summed E-state index contributed by atoms with van der Waals surface area (Å²) in [6.07, 6.45) is 2.06. The second kappa shape index (κ2) is 9.13. The minimum absolute atomic E-state index is 0.0432. The zero-order valence-electron chi connectivity index (χ0n) is 17.5. The van der Waals surface area contributed by atoms with Crippen molar-refractivity contribution in [1.82, 2.24) is 14.2 Å². The molecule has 0 saturated carbocycles. The van der Waals surface area contributed by atoms with Crippen LogP contribution in [0, 0.1) is 6.92 Å². The maximum atomic E-state index is 13.3.